The van der Waals surface area contributed by atoms with E-state index in [0.717, 1.165) is 15.7 Å². The van der Waals surface area contributed by atoms with Crippen molar-refractivity contribution in [1.29, 1.82) is 5.26 Å². The van der Waals surface area contributed by atoms with E-state index in [-0.39, 0.29) is 0 Å². The highest BCUT2D eigenvalue weighted by Gasteiger charge is 2.03. The number of hydrogen-bond acceptors (Lipinski definition) is 3. The maximum absolute atomic E-state index is 8.82. The van der Waals surface area contributed by atoms with Crippen LogP contribution in [-0.4, -0.2) is 11.7 Å². The summed E-state index contributed by atoms with van der Waals surface area (Å²) < 4.78 is 6.49. The first-order valence-corrected chi connectivity index (χ1v) is 5.46. The summed E-state index contributed by atoms with van der Waals surface area (Å²) in [6.07, 6.45) is 4.84. The van der Waals surface area contributed by atoms with Crippen molar-refractivity contribution >= 4 is 11.8 Å². The quantitative estimate of drug-likeness (QED) is 0.812. The fraction of sp³-hybridized carbons (Fsp3) is 0.0833. The lowest BCUT2D eigenvalue weighted by atomic mass is 10.3. The van der Waals surface area contributed by atoms with Crippen molar-refractivity contribution in [2.45, 2.75) is 9.92 Å². The van der Waals surface area contributed by atoms with Crippen molar-refractivity contribution < 1.29 is 4.74 Å². The van der Waals surface area contributed by atoms with E-state index in [1.807, 2.05) is 36.5 Å². The second-order valence-electron chi connectivity index (χ2n) is 3.01. The largest absolute Gasteiger partial charge is 0.497 e. The van der Waals surface area contributed by atoms with Gasteiger partial charge in [-0.05, 0) is 36.4 Å². The van der Waals surface area contributed by atoms with E-state index in [1.165, 1.54) is 16.3 Å². The zero-order chi connectivity index (χ0) is 11.4. The number of rotatable bonds is 3. The van der Waals surface area contributed by atoms with Crippen LogP contribution >= 0.6 is 11.8 Å². The van der Waals surface area contributed by atoms with E-state index < -0.39 is 0 Å². The van der Waals surface area contributed by atoms with Gasteiger partial charge in [0.05, 0.1) is 18.3 Å². The predicted octanol–water partition coefficient (Wildman–Crippen LogP) is 2.78. The minimum absolute atomic E-state index is 0.826. The topological polar surface area (TPSA) is 38.0 Å². The van der Waals surface area contributed by atoms with Crippen LogP contribution in [0.1, 0.15) is 0 Å². The lowest BCUT2D eigenvalue weighted by molar-refractivity contribution is 0.414. The zero-order valence-corrected chi connectivity index (χ0v) is 9.49. The summed E-state index contributed by atoms with van der Waals surface area (Å²) in [7, 11) is 1.64. The molecule has 0 atom stereocenters. The Labute approximate surface area is 98.3 Å². The van der Waals surface area contributed by atoms with E-state index in [0.29, 0.717) is 0 Å². The van der Waals surface area contributed by atoms with Crippen LogP contribution in [0.25, 0.3) is 0 Å². The molecule has 1 aromatic carbocycles. The van der Waals surface area contributed by atoms with Crippen molar-refractivity contribution in [3.8, 4) is 11.9 Å². The van der Waals surface area contributed by atoms with Gasteiger partial charge in [-0.15, -0.1) is 0 Å². The average Bonchev–Trinajstić information content (AvgIpc) is 2.77. The van der Waals surface area contributed by atoms with Crippen molar-refractivity contribution in [3.63, 3.8) is 0 Å². The molecule has 0 saturated carbocycles. The Kier molecular flexibility index (Phi) is 3.18. The van der Waals surface area contributed by atoms with Gasteiger partial charge in [0.2, 0.25) is 0 Å². The molecule has 79 valence electrons. The van der Waals surface area contributed by atoms with Crippen LogP contribution in [-0.2, 0) is 0 Å². The molecule has 0 aliphatic heterocycles. The first-order chi connectivity index (χ1) is 7.83. The van der Waals surface area contributed by atoms with Crippen LogP contribution in [0.3, 0.4) is 0 Å². The standard InChI is InChI=1S/C12H9N2OS/c1-15-10-4-6-11(7-5-10)16-12-3-2-8-14(12)9-13/h2-7H,1H3. The van der Waals surface area contributed by atoms with Gasteiger partial charge in [-0.2, -0.15) is 5.26 Å². The average molecular weight is 229 g/mol. The third-order valence-corrected chi connectivity index (χ3v) is 3.07. The molecular formula is C12H9N2OS. The van der Waals surface area contributed by atoms with Gasteiger partial charge in [0.15, 0.2) is 6.19 Å². The second-order valence-corrected chi connectivity index (χ2v) is 4.11. The Bertz CT molecular complexity index is 511. The Balaban J connectivity index is 2.18. The highest BCUT2D eigenvalue weighted by atomic mass is 32.2. The Morgan fingerprint density at radius 3 is 2.69 bits per heavy atom. The molecule has 0 spiro atoms. The first-order valence-electron chi connectivity index (χ1n) is 4.65. The third-order valence-electron chi connectivity index (χ3n) is 2.03. The van der Waals surface area contributed by atoms with Crippen LogP contribution in [0.2, 0.25) is 0 Å². The number of benzene rings is 1. The number of nitrogens with zero attached hydrogens (tertiary/aromatic N) is 2. The zero-order valence-electron chi connectivity index (χ0n) is 8.68. The van der Waals surface area contributed by atoms with E-state index >= 15 is 0 Å². The van der Waals surface area contributed by atoms with E-state index in [9.17, 15) is 0 Å². The predicted molar refractivity (Wildman–Crippen MR) is 61.4 cm³/mol. The Hall–Kier alpha value is -1.86. The summed E-state index contributed by atoms with van der Waals surface area (Å²) in [6, 6.07) is 11.3. The highest BCUT2D eigenvalue weighted by molar-refractivity contribution is 7.99. The van der Waals surface area contributed by atoms with Gasteiger partial charge in [-0.3, -0.25) is 0 Å². The number of aromatic nitrogens is 1. The molecule has 4 heteroatoms. The lowest BCUT2D eigenvalue weighted by Crippen LogP contribution is -1.87. The van der Waals surface area contributed by atoms with Crippen molar-refractivity contribution in [3.05, 3.63) is 42.6 Å². The Morgan fingerprint density at radius 1 is 1.31 bits per heavy atom. The van der Waals surface area contributed by atoms with E-state index in [1.54, 1.807) is 13.2 Å². The molecule has 0 bridgehead atoms. The molecule has 2 rings (SSSR count). The molecular weight excluding hydrogens is 220 g/mol. The van der Waals surface area contributed by atoms with Gasteiger partial charge in [-0.1, -0.05) is 11.8 Å². The third kappa shape index (κ3) is 2.20. The summed E-state index contributed by atoms with van der Waals surface area (Å²) in [5.41, 5.74) is 0. The first kappa shape index (κ1) is 10.7. The summed E-state index contributed by atoms with van der Waals surface area (Å²) >= 11 is 1.52. The molecule has 2 aromatic rings. The highest BCUT2D eigenvalue weighted by Crippen LogP contribution is 2.28. The SMILES string of the molecule is COc1ccc(Sc2cc[c]n2C#N)cc1. The summed E-state index contributed by atoms with van der Waals surface area (Å²) in [5, 5.41) is 9.67. The number of methoxy groups -OCH3 is 1. The maximum atomic E-state index is 8.82. The van der Waals surface area contributed by atoms with E-state index in [2.05, 4.69) is 6.20 Å². The van der Waals surface area contributed by atoms with Crippen LogP contribution < -0.4 is 4.74 Å². The molecule has 1 radical (unpaired) electrons. The maximum Gasteiger partial charge on any atom is 0.189 e. The molecule has 1 heterocycles. The summed E-state index contributed by atoms with van der Waals surface area (Å²) in [5.74, 6) is 0.826. The molecule has 3 nitrogen and oxygen atoms in total. The normalized spacial score (nSPS) is 9.75. The summed E-state index contributed by atoms with van der Waals surface area (Å²) in [4.78, 5) is 1.06. The molecule has 0 N–H and O–H groups in total. The summed E-state index contributed by atoms with van der Waals surface area (Å²) in [6.45, 7) is 0. The Morgan fingerprint density at radius 2 is 2.06 bits per heavy atom. The van der Waals surface area contributed by atoms with Crippen LogP contribution in [0.5, 0.6) is 5.75 Å². The monoisotopic (exact) mass is 229 g/mol. The smallest absolute Gasteiger partial charge is 0.189 e. The van der Waals surface area contributed by atoms with Crippen LogP contribution in [0.15, 0.2) is 46.3 Å². The van der Waals surface area contributed by atoms with Crippen LogP contribution in [0, 0.1) is 17.7 Å². The molecule has 0 saturated heterocycles. The van der Waals surface area contributed by atoms with Gasteiger partial charge in [0.1, 0.15) is 5.75 Å². The van der Waals surface area contributed by atoms with Gasteiger partial charge in [-0.25, -0.2) is 4.57 Å². The second kappa shape index (κ2) is 4.77. The molecule has 16 heavy (non-hydrogen) atoms. The molecule has 0 fully saturated rings. The fourth-order valence-electron chi connectivity index (χ4n) is 1.24. The molecule has 0 aliphatic rings. The fourth-order valence-corrected chi connectivity index (χ4v) is 2.08. The molecule has 0 amide bonds. The van der Waals surface area contributed by atoms with Gasteiger partial charge in [0, 0.05) is 4.90 Å². The lowest BCUT2D eigenvalue weighted by Gasteiger charge is -2.02. The van der Waals surface area contributed by atoms with Crippen molar-refractivity contribution in [2.24, 2.45) is 0 Å². The van der Waals surface area contributed by atoms with Gasteiger partial charge in [0.25, 0.3) is 0 Å². The minimum atomic E-state index is 0.826. The van der Waals surface area contributed by atoms with Crippen molar-refractivity contribution in [1.82, 2.24) is 4.57 Å². The molecule has 0 aliphatic carbocycles. The molecule has 0 unspecified atom stereocenters. The number of ether oxygens (including phenoxy) is 1. The number of hydrogen-bond donors (Lipinski definition) is 0. The van der Waals surface area contributed by atoms with Crippen molar-refractivity contribution in [2.75, 3.05) is 7.11 Å². The van der Waals surface area contributed by atoms with E-state index in [4.69, 9.17) is 10.00 Å². The van der Waals surface area contributed by atoms with Gasteiger partial charge < -0.3 is 4.74 Å². The van der Waals surface area contributed by atoms with Gasteiger partial charge >= 0.3 is 0 Å². The number of nitriles is 1. The van der Waals surface area contributed by atoms with Crippen LogP contribution in [0.4, 0.5) is 0 Å². The minimum Gasteiger partial charge on any atom is -0.497 e. The molecule has 1 aromatic heterocycles.